The second-order valence-electron chi connectivity index (χ2n) is 4.50. The molecule has 0 bridgehead atoms. The van der Waals surface area contributed by atoms with E-state index < -0.39 is 11.8 Å². The van der Waals surface area contributed by atoms with E-state index in [4.69, 9.17) is 4.74 Å². The molecule has 0 aliphatic carbocycles. The Labute approximate surface area is 114 Å². The summed E-state index contributed by atoms with van der Waals surface area (Å²) in [6.45, 7) is 1.33. The van der Waals surface area contributed by atoms with Crippen molar-refractivity contribution in [3.05, 3.63) is 28.2 Å². The van der Waals surface area contributed by atoms with E-state index in [1.165, 1.54) is 19.2 Å². The van der Waals surface area contributed by atoms with E-state index in [9.17, 15) is 8.78 Å². The summed E-state index contributed by atoms with van der Waals surface area (Å²) >= 11 is 3.25. The summed E-state index contributed by atoms with van der Waals surface area (Å²) in [5.74, 6) is -2.80. The quantitative estimate of drug-likeness (QED) is 0.920. The molecule has 2 nitrogen and oxygen atoms in total. The smallest absolute Gasteiger partial charge is 0.276 e. The maximum atomic E-state index is 14.4. The third kappa shape index (κ3) is 2.67. The molecule has 0 atom stereocenters. The zero-order chi connectivity index (χ0) is 13.2. The van der Waals surface area contributed by atoms with Gasteiger partial charge in [0.25, 0.3) is 5.92 Å². The minimum atomic E-state index is -2.78. The Morgan fingerprint density at radius 1 is 1.33 bits per heavy atom. The van der Waals surface area contributed by atoms with Crippen molar-refractivity contribution in [3.63, 3.8) is 0 Å². The van der Waals surface area contributed by atoms with Crippen molar-refractivity contribution < 1.29 is 13.5 Å². The molecular formula is C13H16BrF2NO. The van der Waals surface area contributed by atoms with Crippen LogP contribution in [0.15, 0.2) is 22.7 Å². The number of piperidine rings is 1. The predicted octanol–water partition coefficient (Wildman–Crippen LogP) is 3.55. The summed E-state index contributed by atoms with van der Waals surface area (Å²) in [4.78, 5) is 0. The molecule has 100 valence electrons. The maximum absolute atomic E-state index is 14.4. The Kier molecular flexibility index (Phi) is 4.22. The zero-order valence-electron chi connectivity index (χ0n) is 10.2. The molecule has 0 aromatic heterocycles. The van der Waals surface area contributed by atoms with E-state index in [1.807, 2.05) is 0 Å². The third-order valence-corrected chi connectivity index (χ3v) is 4.01. The van der Waals surface area contributed by atoms with Gasteiger partial charge < -0.3 is 10.1 Å². The molecule has 1 aromatic carbocycles. The van der Waals surface area contributed by atoms with Crippen LogP contribution >= 0.6 is 15.9 Å². The average Bonchev–Trinajstić information content (AvgIpc) is 2.39. The van der Waals surface area contributed by atoms with Crippen molar-refractivity contribution in [3.8, 4) is 5.75 Å². The van der Waals surface area contributed by atoms with Crippen LogP contribution in [-0.2, 0) is 5.92 Å². The number of hydrogen-bond donors (Lipinski definition) is 1. The van der Waals surface area contributed by atoms with Crippen LogP contribution in [0.3, 0.4) is 0 Å². The SMILES string of the molecule is COc1ccc(C(F)(F)C2CCNCC2)cc1Br. The van der Waals surface area contributed by atoms with Crippen molar-refractivity contribution in [2.45, 2.75) is 18.8 Å². The molecule has 0 unspecified atom stereocenters. The van der Waals surface area contributed by atoms with Crippen LogP contribution in [0.25, 0.3) is 0 Å². The van der Waals surface area contributed by atoms with E-state index in [0.717, 1.165) is 0 Å². The van der Waals surface area contributed by atoms with Gasteiger partial charge in [-0.15, -0.1) is 0 Å². The minimum Gasteiger partial charge on any atom is -0.496 e. The fourth-order valence-corrected chi connectivity index (χ4v) is 2.83. The van der Waals surface area contributed by atoms with Gasteiger partial charge in [-0.3, -0.25) is 0 Å². The molecule has 0 saturated carbocycles. The summed E-state index contributed by atoms with van der Waals surface area (Å²) in [6.07, 6.45) is 1.02. The van der Waals surface area contributed by atoms with E-state index >= 15 is 0 Å². The lowest BCUT2D eigenvalue weighted by atomic mass is 9.87. The lowest BCUT2D eigenvalue weighted by molar-refractivity contribution is -0.0754. The second-order valence-corrected chi connectivity index (χ2v) is 5.35. The summed E-state index contributed by atoms with van der Waals surface area (Å²) in [5, 5.41) is 3.11. The lowest BCUT2D eigenvalue weighted by Gasteiger charge is -2.30. The normalized spacial score (nSPS) is 17.8. The van der Waals surface area contributed by atoms with E-state index in [2.05, 4.69) is 21.2 Å². The fourth-order valence-electron chi connectivity index (χ4n) is 2.29. The Bertz CT molecular complexity index is 419. The number of ether oxygens (including phenoxy) is 1. The molecule has 1 fully saturated rings. The van der Waals surface area contributed by atoms with Crippen molar-refractivity contribution in [2.75, 3.05) is 20.2 Å². The fraction of sp³-hybridized carbons (Fsp3) is 0.538. The van der Waals surface area contributed by atoms with Crippen molar-refractivity contribution >= 4 is 15.9 Å². The van der Waals surface area contributed by atoms with Gasteiger partial charge in [-0.25, -0.2) is 8.78 Å². The van der Waals surface area contributed by atoms with Crippen LogP contribution in [0.1, 0.15) is 18.4 Å². The van der Waals surface area contributed by atoms with Crippen LogP contribution in [-0.4, -0.2) is 20.2 Å². The monoisotopic (exact) mass is 319 g/mol. The van der Waals surface area contributed by atoms with Crippen molar-refractivity contribution in [1.82, 2.24) is 5.32 Å². The number of alkyl halides is 2. The van der Waals surface area contributed by atoms with Gasteiger partial charge in [0.1, 0.15) is 5.75 Å². The molecule has 2 rings (SSSR count). The molecule has 0 radical (unpaired) electrons. The van der Waals surface area contributed by atoms with Gasteiger partial charge in [-0.2, -0.15) is 0 Å². The van der Waals surface area contributed by atoms with Gasteiger partial charge in [0.15, 0.2) is 0 Å². The summed E-state index contributed by atoms with van der Waals surface area (Å²) in [6, 6.07) is 4.49. The molecule has 1 N–H and O–H groups in total. The first-order valence-corrected chi connectivity index (χ1v) is 6.77. The molecule has 0 amide bonds. The number of hydrogen-bond acceptors (Lipinski definition) is 2. The Balaban J connectivity index is 2.25. The van der Waals surface area contributed by atoms with E-state index in [1.54, 1.807) is 6.07 Å². The van der Waals surface area contributed by atoms with Gasteiger partial charge in [0.05, 0.1) is 11.6 Å². The summed E-state index contributed by atoms with van der Waals surface area (Å²) in [5.41, 5.74) is 0.0575. The van der Waals surface area contributed by atoms with Crippen LogP contribution < -0.4 is 10.1 Å². The molecule has 0 spiro atoms. The average molecular weight is 320 g/mol. The highest BCUT2D eigenvalue weighted by Crippen LogP contribution is 2.42. The molecule has 1 aliphatic heterocycles. The molecular weight excluding hydrogens is 304 g/mol. The highest BCUT2D eigenvalue weighted by Gasteiger charge is 2.41. The summed E-state index contributed by atoms with van der Waals surface area (Å²) in [7, 11) is 1.52. The second kappa shape index (κ2) is 5.53. The molecule has 5 heteroatoms. The first kappa shape index (κ1) is 13.7. The highest BCUT2D eigenvalue weighted by atomic mass is 79.9. The first-order chi connectivity index (χ1) is 8.55. The van der Waals surface area contributed by atoms with Crippen LogP contribution in [0.2, 0.25) is 0 Å². The molecule has 1 saturated heterocycles. The zero-order valence-corrected chi connectivity index (χ0v) is 11.8. The number of rotatable bonds is 3. The number of halogens is 3. The first-order valence-electron chi connectivity index (χ1n) is 5.98. The Morgan fingerprint density at radius 3 is 2.56 bits per heavy atom. The highest BCUT2D eigenvalue weighted by molar-refractivity contribution is 9.10. The molecule has 1 aromatic rings. The molecule has 1 heterocycles. The topological polar surface area (TPSA) is 21.3 Å². The summed E-state index contributed by atoms with van der Waals surface area (Å²) < 4.78 is 34.4. The maximum Gasteiger partial charge on any atom is 0.276 e. The van der Waals surface area contributed by atoms with Gasteiger partial charge in [-0.05, 0) is 60.1 Å². The van der Waals surface area contributed by atoms with E-state index in [0.29, 0.717) is 36.2 Å². The number of methoxy groups -OCH3 is 1. The largest absolute Gasteiger partial charge is 0.496 e. The van der Waals surface area contributed by atoms with Gasteiger partial charge in [0, 0.05) is 11.5 Å². The van der Waals surface area contributed by atoms with Crippen LogP contribution in [0.4, 0.5) is 8.78 Å². The lowest BCUT2D eigenvalue weighted by Crippen LogP contribution is -2.36. The van der Waals surface area contributed by atoms with Gasteiger partial charge >= 0.3 is 0 Å². The van der Waals surface area contributed by atoms with Crippen LogP contribution in [0.5, 0.6) is 5.75 Å². The van der Waals surface area contributed by atoms with Gasteiger partial charge in [-0.1, -0.05) is 0 Å². The number of nitrogens with one attached hydrogen (secondary N) is 1. The standard InChI is InChI=1S/C13H16BrF2NO/c1-18-12-3-2-10(8-11(12)14)13(15,16)9-4-6-17-7-5-9/h2-3,8-9,17H,4-7H2,1H3. The minimum absolute atomic E-state index is 0.0575. The Morgan fingerprint density at radius 2 is 2.00 bits per heavy atom. The Hall–Kier alpha value is -0.680. The van der Waals surface area contributed by atoms with Gasteiger partial charge in [0.2, 0.25) is 0 Å². The predicted molar refractivity (Wildman–Crippen MR) is 70.2 cm³/mol. The molecule has 18 heavy (non-hydrogen) atoms. The van der Waals surface area contributed by atoms with E-state index in [-0.39, 0.29) is 5.56 Å². The van der Waals surface area contributed by atoms with Crippen LogP contribution in [0, 0.1) is 5.92 Å². The molecule has 1 aliphatic rings. The third-order valence-electron chi connectivity index (χ3n) is 3.39. The number of benzene rings is 1. The van der Waals surface area contributed by atoms with Crippen molar-refractivity contribution in [2.24, 2.45) is 5.92 Å². The van der Waals surface area contributed by atoms with Crippen molar-refractivity contribution in [1.29, 1.82) is 0 Å².